The van der Waals surface area contributed by atoms with Crippen molar-refractivity contribution in [1.82, 2.24) is 10.2 Å². The first-order valence-corrected chi connectivity index (χ1v) is 7.59. The van der Waals surface area contributed by atoms with Crippen molar-refractivity contribution in [3.8, 4) is 0 Å². The minimum Gasteiger partial charge on any atom is -0.465 e. The van der Waals surface area contributed by atoms with Crippen LogP contribution in [0.5, 0.6) is 0 Å². The van der Waals surface area contributed by atoms with Gasteiger partial charge in [0, 0.05) is 25.7 Å². The Kier molecular flexibility index (Phi) is 6.92. The van der Waals surface area contributed by atoms with Crippen molar-refractivity contribution in [1.29, 1.82) is 0 Å². The Morgan fingerprint density at radius 3 is 2.60 bits per heavy atom. The fourth-order valence-corrected chi connectivity index (χ4v) is 2.65. The zero-order valence-corrected chi connectivity index (χ0v) is 13.6. The van der Waals surface area contributed by atoms with Gasteiger partial charge in [-0.3, -0.25) is 9.69 Å². The Balaban J connectivity index is 2.63. The Labute approximate surface area is 123 Å². The van der Waals surface area contributed by atoms with Gasteiger partial charge >= 0.3 is 5.97 Å². The van der Waals surface area contributed by atoms with Crippen LogP contribution in [0.15, 0.2) is 0 Å². The SMILES string of the molecule is CCOC(=O)C(C)(CC(C)N(CCOC)C1CC1)NC. The maximum atomic E-state index is 12.1. The van der Waals surface area contributed by atoms with Crippen molar-refractivity contribution in [2.45, 2.75) is 57.7 Å². The van der Waals surface area contributed by atoms with Crippen LogP contribution in [0, 0.1) is 0 Å². The van der Waals surface area contributed by atoms with E-state index in [1.165, 1.54) is 12.8 Å². The summed E-state index contributed by atoms with van der Waals surface area (Å²) >= 11 is 0. The second-order valence-electron chi connectivity index (χ2n) is 5.82. The quantitative estimate of drug-likeness (QED) is 0.616. The van der Waals surface area contributed by atoms with Crippen molar-refractivity contribution in [3.63, 3.8) is 0 Å². The molecule has 1 fully saturated rings. The molecule has 1 saturated carbocycles. The van der Waals surface area contributed by atoms with E-state index in [-0.39, 0.29) is 5.97 Å². The molecule has 1 aliphatic carbocycles. The molecule has 0 radical (unpaired) electrons. The summed E-state index contributed by atoms with van der Waals surface area (Å²) in [6.45, 7) is 8.01. The zero-order valence-electron chi connectivity index (χ0n) is 13.6. The van der Waals surface area contributed by atoms with E-state index in [0.717, 1.165) is 19.6 Å². The third kappa shape index (κ3) is 4.72. The number of esters is 1. The molecular formula is C15H30N2O3. The second-order valence-corrected chi connectivity index (χ2v) is 5.82. The van der Waals surface area contributed by atoms with E-state index in [2.05, 4.69) is 17.1 Å². The van der Waals surface area contributed by atoms with E-state index in [1.54, 1.807) is 7.11 Å². The molecule has 0 bridgehead atoms. The van der Waals surface area contributed by atoms with Crippen LogP contribution in [0.3, 0.4) is 0 Å². The van der Waals surface area contributed by atoms with Gasteiger partial charge in [0.15, 0.2) is 0 Å². The Morgan fingerprint density at radius 2 is 2.15 bits per heavy atom. The predicted octanol–water partition coefficient (Wildman–Crippen LogP) is 1.42. The van der Waals surface area contributed by atoms with Gasteiger partial charge in [0.1, 0.15) is 5.54 Å². The van der Waals surface area contributed by atoms with Crippen molar-refractivity contribution in [2.24, 2.45) is 0 Å². The molecule has 118 valence electrons. The zero-order chi connectivity index (χ0) is 15.2. The molecule has 1 rings (SSSR count). The summed E-state index contributed by atoms with van der Waals surface area (Å²) in [6.07, 6.45) is 3.25. The van der Waals surface area contributed by atoms with E-state index in [1.807, 2.05) is 20.9 Å². The van der Waals surface area contributed by atoms with Crippen LogP contribution >= 0.6 is 0 Å². The number of carbonyl (C=O) groups is 1. The monoisotopic (exact) mass is 286 g/mol. The molecule has 0 spiro atoms. The first-order chi connectivity index (χ1) is 9.48. The Bertz CT molecular complexity index is 307. The number of hydrogen-bond donors (Lipinski definition) is 1. The lowest BCUT2D eigenvalue weighted by Gasteiger charge is -2.35. The summed E-state index contributed by atoms with van der Waals surface area (Å²) in [5.74, 6) is -0.170. The highest BCUT2D eigenvalue weighted by molar-refractivity contribution is 5.80. The van der Waals surface area contributed by atoms with Crippen LogP contribution in [0.4, 0.5) is 0 Å². The van der Waals surface area contributed by atoms with Crippen LogP contribution < -0.4 is 5.32 Å². The molecule has 5 nitrogen and oxygen atoms in total. The van der Waals surface area contributed by atoms with Gasteiger partial charge in [-0.15, -0.1) is 0 Å². The van der Waals surface area contributed by atoms with Gasteiger partial charge in [0.05, 0.1) is 13.2 Å². The maximum Gasteiger partial charge on any atom is 0.326 e. The standard InChI is InChI=1S/C15H30N2O3/c1-6-20-14(18)15(3,16-4)11-12(2)17(9-10-19-5)13-7-8-13/h12-13,16H,6-11H2,1-5H3. The van der Waals surface area contributed by atoms with Crippen LogP contribution in [0.1, 0.15) is 40.0 Å². The van der Waals surface area contributed by atoms with Gasteiger partial charge in [-0.2, -0.15) is 0 Å². The summed E-state index contributed by atoms with van der Waals surface area (Å²) < 4.78 is 10.4. The van der Waals surface area contributed by atoms with Crippen LogP contribution in [-0.2, 0) is 14.3 Å². The Morgan fingerprint density at radius 1 is 1.50 bits per heavy atom. The number of carbonyl (C=O) groups excluding carboxylic acids is 1. The van der Waals surface area contributed by atoms with Crippen molar-refractivity contribution >= 4 is 5.97 Å². The molecule has 0 heterocycles. The number of methoxy groups -OCH3 is 1. The van der Waals surface area contributed by atoms with Gasteiger partial charge in [-0.25, -0.2) is 0 Å². The largest absolute Gasteiger partial charge is 0.465 e. The number of likely N-dealkylation sites (N-methyl/N-ethyl adjacent to an activating group) is 1. The highest BCUT2D eigenvalue weighted by atomic mass is 16.5. The molecule has 0 amide bonds. The molecule has 2 atom stereocenters. The van der Waals surface area contributed by atoms with Gasteiger partial charge in [0.25, 0.3) is 0 Å². The van der Waals surface area contributed by atoms with Gasteiger partial charge < -0.3 is 14.8 Å². The maximum absolute atomic E-state index is 12.1. The summed E-state index contributed by atoms with van der Waals surface area (Å²) in [7, 11) is 3.55. The van der Waals surface area contributed by atoms with Crippen molar-refractivity contribution in [2.75, 3.05) is 33.9 Å². The summed E-state index contributed by atoms with van der Waals surface area (Å²) in [6, 6.07) is 0.975. The highest BCUT2D eigenvalue weighted by Crippen LogP contribution is 2.30. The molecule has 1 N–H and O–H groups in total. The number of nitrogens with one attached hydrogen (secondary N) is 1. The molecule has 0 aromatic rings. The average molecular weight is 286 g/mol. The molecule has 0 saturated heterocycles. The first-order valence-electron chi connectivity index (χ1n) is 7.59. The topological polar surface area (TPSA) is 50.8 Å². The number of rotatable bonds is 10. The van der Waals surface area contributed by atoms with Gasteiger partial charge in [0.2, 0.25) is 0 Å². The number of nitrogens with zero attached hydrogens (tertiary/aromatic N) is 1. The van der Waals surface area contributed by atoms with E-state index in [9.17, 15) is 4.79 Å². The van der Waals surface area contributed by atoms with E-state index >= 15 is 0 Å². The lowest BCUT2D eigenvalue weighted by molar-refractivity contribution is -0.151. The molecule has 1 aliphatic rings. The molecule has 20 heavy (non-hydrogen) atoms. The predicted molar refractivity (Wildman–Crippen MR) is 79.8 cm³/mol. The highest BCUT2D eigenvalue weighted by Gasteiger charge is 2.39. The smallest absolute Gasteiger partial charge is 0.326 e. The van der Waals surface area contributed by atoms with Crippen LogP contribution in [0.25, 0.3) is 0 Å². The lowest BCUT2D eigenvalue weighted by Crippen LogP contribution is -2.53. The minimum atomic E-state index is -0.629. The summed E-state index contributed by atoms with van der Waals surface area (Å²) in [4.78, 5) is 14.6. The third-order valence-electron chi connectivity index (χ3n) is 4.12. The third-order valence-corrected chi connectivity index (χ3v) is 4.12. The first kappa shape index (κ1) is 17.4. The molecule has 0 aromatic heterocycles. The molecular weight excluding hydrogens is 256 g/mol. The van der Waals surface area contributed by atoms with Crippen LogP contribution in [-0.4, -0.2) is 62.4 Å². The normalized spacial score (nSPS) is 19.7. The summed E-state index contributed by atoms with van der Waals surface area (Å²) in [5, 5.41) is 3.13. The number of ether oxygens (including phenoxy) is 2. The minimum absolute atomic E-state index is 0.170. The van der Waals surface area contributed by atoms with Crippen LogP contribution in [0.2, 0.25) is 0 Å². The molecule has 0 aromatic carbocycles. The fraction of sp³-hybridized carbons (Fsp3) is 0.933. The van der Waals surface area contributed by atoms with E-state index < -0.39 is 5.54 Å². The number of hydrogen-bond acceptors (Lipinski definition) is 5. The lowest BCUT2D eigenvalue weighted by atomic mass is 9.93. The molecule has 2 unspecified atom stereocenters. The van der Waals surface area contributed by atoms with Crippen molar-refractivity contribution < 1.29 is 14.3 Å². The van der Waals surface area contributed by atoms with E-state index in [4.69, 9.17) is 9.47 Å². The van der Waals surface area contributed by atoms with Gasteiger partial charge in [-0.05, 0) is 47.1 Å². The molecule has 0 aliphatic heterocycles. The second kappa shape index (κ2) is 7.96. The summed E-state index contributed by atoms with van der Waals surface area (Å²) in [5.41, 5.74) is -0.629. The fourth-order valence-electron chi connectivity index (χ4n) is 2.65. The molecule has 5 heteroatoms. The Hall–Kier alpha value is -0.650. The average Bonchev–Trinajstić information content (AvgIpc) is 3.23. The van der Waals surface area contributed by atoms with E-state index in [0.29, 0.717) is 18.7 Å². The van der Waals surface area contributed by atoms with Gasteiger partial charge in [-0.1, -0.05) is 0 Å². The van der Waals surface area contributed by atoms with Crippen molar-refractivity contribution in [3.05, 3.63) is 0 Å².